The number of carbonyl (C=O) groups is 4. The average molecular weight is 661 g/mol. The number of nitrogens with zero attached hydrogens (tertiary/aromatic N) is 3. The highest BCUT2D eigenvalue weighted by molar-refractivity contribution is 6.27. The first-order chi connectivity index (χ1) is 22.2. The Balaban J connectivity index is 0.000000428. The number of aliphatic hydroxyl groups excluding tert-OH is 1. The van der Waals surface area contributed by atoms with Gasteiger partial charge in [0.25, 0.3) is 0 Å². The van der Waals surface area contributed by atoms with Crippen LogP contribution in [0.5, 0.6) is 5.75 Å². The molecular weight excluding hydrogens is 627 g/mol. The lowest BCUT2D eigenvalue weighted by Crippen LogP contribution is -2.43. The molecule has 3 heterocycles. The van der Waals surface area contributed by atoms with Crippen molar-refractivity contribution in [2.45, 2.75) is 31.5 Å². The molecule has 2 aromatic carbocycles. The van der Waals surface area contributed by atoms with Crippen LogP contribution in [0.4, 0.5) is 4.39 Å². The normalized spacial score (nSPS) is 14.0. The number of likely N-dealkylation sites (tertiary alicyclic amines) is 1. The molecule has 0 aliphatic carbocycles. The number of hydrogen-bond acceptors (Lipinski definition) is 11. The third-order valence-corrected chi connectivity index (χ3v) is 7.27. The standard InChI is InChI=1S/C26H29FN4O4.2C2H2O4/c1-30-23-13-21(27)16(11-25(23)35-26(30)33)14-29-17-6-9-31(10-7-17)15-24(32)19-5-8-28-22-4-3-18(34-2)12-20(19)22;2*3-1(4)2(5)6/h3-5,8,11-13,17,24,29,32H,6-7,9-10,14-15H2,1-2H3;2*(H,3,4)(H,5,6)/t24-;;/m0../s1. The smallest absolute Gasteiger partial charge is 0.419 e. The molecule has 1 fully saturated rings. The maximum atomic E-state index is 14.5. The third kappa shape index (κ3) is 9.80. The number of aliphatic hydroxyl groups is 1. The zero-order valence-corrected chi connectivity index (χ0v) is 25.3. The maximum absolute atomic E-state index is 14.5. The van der Waals surface area contributed by atoms with Gasteiger partial charge in [-0.1, -0.05) is 0 Å². The summed E-state index contributed by atoms with van der Waals surface area (Å²) in [5.41, 5.74) is 2.98. The van der Waals surface area contributed by atoms with E-state index >= 15 is 0 Å². The Morgan fingerprint density at radius 3 is 2.21 bits per heavy atom. The summed E-state index contributed by atoms with van der Waals surface area (Å²) in [6, 6.07) is 10.7. The molecule has 6 N–H and O–H groups in total. The predicted octanol–water partition coefficient (Wildman–Crippen LogP) is 1.43. The molecule has 0 radical (unpaired) electrons. The summed E-state index contributed by atoms with van der Waals surface area (Å²) in [7, 11) is 3.18. The number of ether oxygens (including phenoxy) is 1. The van der Waals surface area contributed by atoms with E-state index in [1.807, 2.05) is 24.3 Å². The van der Waals surface area contributed by atoms with Gasteiger partial charge in [0.2, 0.25) is 0 Å². The molecule has 16 nitrogen and oxygen atoms in total. The molecule has 4 aromatic rings. The Morgan fingerprint density at radius 2 is 1.64 bits per heavy atom. The Kier molecular flexibility index (Phi) is 12.5. The Bertz CT molecular complexity index is 1770. The monoisotopic (exact) mass is 660 g/mol. The molecule has 1 atom stereocenters. The molecule has 0 unspecified atom stereocenters. The van der Waals surface area contributed by atoms with E-state index < -0.39 is 35.7 Å². The van der Waals surface area contributed by atoms with E-state index in [9.17, 15) is 14.3 Å². The first kappa shape index (κ1) is 36.1. The lowest BCUT2D eigenvalue weighted by molar-refractivity contribution is -0.159. The van der Waals surface area contributed by atoms with E-state index in [1.54, 1.807) is 26.4 Å². The van der Waals surface area contributed by atoms with Gasteiger partial charge in [0.1, 0.15) is 11.6 Å². The lowest BCUT2D eigenvalue weighted by Gasteiger charge is -2.33. The van der Waals surface area contributed by atoms with E-state index in [0.29, 0.717) is 29.8 Å². The van der Waals surface area contributed by atoms with Crippen molar-refractivity contribution in [1.82, 2.24) is 19.8 Å². The van der Waals surface area contributed by atoms with Crippen LogP contribution in [0.15, 0.2) is 51.8 Å². The minimum absolute atomic E-state index is 0.243. The van der Waals surface area contributed by atoms with Gasteiger partial charge < -0.3 is 44.9 Å². The Labute approximate surface area is 265 Å². The number of carboxylic acids is 4. The highest BCUT2D eigenvalue weighted by atomic mass is 19.1. The van der Waals surface area contributed by atoms with Crippen LogP contribution in [0.2, 0.25) is 0 Å². The van der Waals surface area contributed by atoms with E-state index in [4.69, 9.17) is 48.8 Å². The number of aryl methyl sites for hydroxylation is 1. The third-order valence-electron chi connectivity index (χ3n) is 7.27. The summed E-state index contributed by atoms with van der Waals surface area (Å²) in [4.78, 5) is 54.7. The van der Waals surface area contributed by atoms with Gasteiger partial charge in [-0.3, -0.25) is 9.55 Å². The molecule has 252 valence electrons. The van der Waals surface area contributed by atoms with E-state index in [-0.39, 0.29) is 11.9 Å². The number of nitrogens with one attached hydrogen (secondary N) is 1. The fourth-order valence-corrected chi connectivity index (χ4v) is 4.81. The van der Waals surface area contributed by atoms with Gasteiger partial charge in [0, 0.05) is 49.4 Å². The van der Waals surface area contributed by atoms with Gasteiger partial charge >= 0.3 is 29.6 Å². The van der Waals surface area contributed by atoms with Gasteiger partial charge in [-0.15, -0.1) is 0 Å². The van der Waals surface area contributed by atoms with Gasteiger partial charge in [-0.2, -0.15) is 0 Å². The average Bonchev–Trinajstić information content (AvgIpc) is 3.31. The van der Waals surface area contributed by atoms with Crippen molar-refractivity contribution in [2.24, 2.45) is 7.05 Å². The summed E-state index contributed by atoms with van der Waals surface area (Å²) in [5.74, 6) is -7.42. The molecule has 1 aliphatic rings. The zero-order valence-electron chi connectivity index (χ0n) is 25.3. The predicted molar refractivity (Wildman–Crippen MR) is 162 cm³/mol. The number of rotatable bonds is 7. The van der Waals surface area contributed by atoms with Crippen LogP contribution in [-0.4, -0.2) is 96.6 Å². The highest BCUT2D eigenvalue weighted by Gasteiger charge is 2.23. The minimum Gasteiger partial charge on any atom is -0.497 e. The first-order valence-corrected chi connectivity index (χ1v) is 14.0. The number of aliphatic carboxylic acids is 4. The molecular formula is C30H33FN4O12. The second kappa shape index (κ2) is 16.3. The lowest BCUT2D eigenvalue weighted by atomic mass is 10.0. The minimum atomic E-state index is -1.82. The van der Waals surface area contributed by atoms with Crippen LogP contribution in [0.1, 0.15) is 30.1 Å². The molecule has 0 amide bonds. The van der Waals surface area contributed by atoms with Crippen LogP contribution in [-0.2, 0) is 32.8 Å². The second-order valence-corrected chi connectivity index (χ2v) is 10.3. The molecule has 47 heavy (non-hydrogen) atoms. The van der Waals surface area contributed by atoms with Crippen LogP contribution in [0.25, 0.3) is 22.0 Å². The molecule has 1 saturated heterocycles. The summed E-state index contributed by atoms with van der Waals surface area (Å²) in [6.45, 7) is 2.55. The second-order valence-electron chi connectivity index (χ2n) is 10.3. The number of halogens is 1. The zero-order chi connectivity index (χ0) is 34.8. The van der Waals surface area contributed by atoms with Crippen LogP contribution < -0.4 is 15.8 Å². The number of carboxylic acid groups (broad SMARTS) is 4. The van der Waals surface area contributed by atoms with Crippen molar-refractivity contribution in [3.63, 3.8) is 0 Å². The van der Waals surface area contributed by atoms with E-state index in [2.05, 4.69) is 15.2 Å². The SMILES string of the molecule is COc1ccc2nccc([C@@H](O)CN3CCC(NCc4cc5oc(=O)n(C)c5cc4F)CC3)c2c1.O=C(O)C(=O)O.O=C(O)C(=O)O. The van der Waals surface area contributed by atoms with Crippen molar-refractivity contribution >= 4 is 45.9 Å². The number of benzene rings is 2. The van der Waals surface area contributed by atoms with Crippen LogP contribution in [0.3, 0.4) is 0 Å². The maximum Gasteiger partial charge on any atom is 0.419 e. The van der Waals surface area contributed by atoms with Crippen LogP contribution in [0, 0.1) is 5.82 Å². The molecule has 1 aliphatic heterocycles. The van der Waals surface area contributed by atoms with Gasteiger partial charge in [-0.25, -0.2) is 28.4 Å². The molecule has 0 spiro atoms. The number of β-amino-alcohol motifs (C(OH)–C–C–N with tert-alkyl or cyclic N) is 1. The summed E-state index contributed by atoms with van der Waals surface area (Å²) in [6.07, 6.45) is 2.86. The van der Waals surface area contributed by atoms with Crippen molar-refractivity contribution in [3.05, 3.63) is 70.1 Å². The number of fused-ring (bicyclic) bond motifs is 2. The van der Waals surface area contributed by atoms with Crippen molar-refractivity contribution in [2.75, 3.05) is 26.7 Å². The fraction of sp³-hybridized carbons (Fsp3) is 0.333. The first-order valence-electron chi connectivity index (χ1n) is 14.0. The number of piperidine rings is 1. The van der Waals surface area contributed by atoms with Gasteiger partial charge in [-0.05, 0) is 61.8 Å². The van der Waals surface area contributed by atoms with Gasteiger partial charge in [0.05, 0.1) is 24.2 Å². The molecule has 0 saturated carbocycles. The summed E-state index contributed by atoms with van der Waals surface area (Å²) in [5, 5.41) is 44.9. The topological polar surface area (TPSA) is 242 Å². The number of oxazole rings is 1. The molecule has 17 heteroatoms. The van der Waals surface area contributed by atoms with Crippen molar-refractivity contribution < 1.29 is 58.3 Å². The van der Waals surface area contributed by atoms with Crippen molar-refractivity contribution in [3.8, 4) is 5.75 Å². The Hall–Kier alpha value is -5.39. The van der Waals surface area contributed by atoms with Gasteiger partial charge in [0.15, 0.2) is 5.58 Å². The number of methoxy groups -OCH3 is 1. The Morgan fingerprint density at radius 1 is 1.02 bits per heavy atom. The quantitative estimate of drug-likeness (QED) is 0.154. The molecule has 2 aromatic heterocycles. The van der Waals surface area contributed by atoms with E-state index in [0.717, 1.165) is 48.1 Å². The number of hydrogen-bond donors (Lipinski definition) is 6. The highest BCUT2D eigenvalue weighted by Crippen LogP contribution is 2.28. The largest absolute Gasteiger partial charge is 0.497 e. The van der Waals surface area contributed by atoms with Crippen LogP contribution >= 0.6 is 0 Å². The molecule has 5 rings (SSSR count). The van der Waals surface area contributed by atoms with Crippen molar-refractivity contribution in [1.29, 1.82) is 0 Å². The summed E-state index contributed by atoms with van der Waals surface area (Å²) < 4.78 is 26.4. The number of aromatic nitrogens is 2. The fourth-order valence-electron chi connectivity index (χ4n) is 4.81. The molecule has 0 bridgehead atoms. The number of pyridine rings is 1. The summed E-state index contributed by atoms with van der Waals surface area (Å²) >= 11 is 0. The van der Waals surface area contributed by atoms with E-state index in [1.165, 1.54) is 10.6 Å².